The second-order valence-corrected chi connectivity index (χ2v) is 3.94. The van der Waals surface area contributed by atoms with E-state index in [9.17, 15) is 0 Å². The van der Waals surface area contributed by atoms with Crippen molar-refractivity contribution in [2.24, 2.45) is 0 Å². The van der Waals surface area contributed by atoms with Crippen LogP contribution in [-0.2, 0) is 0 Å². The third kappa shape index (κ3) is 13.2. The molecule has 90 valence electrons. The van der Waals surface area contributed by atoms with E-state index in [4.69, 9.17) is 0 Å². The Morgan fingerprint density at radius 1 is 0.688 bits per heavy atom. The van der Waals surface area contributed by atoms with E-state index in [1.54, 1.807) is 0 Å². The van der Waals surface area contributed by atoms with Gasteiger partial charge in [-0.3, -0.25) is 0 Å². The maximum Gasteiger partial charge on any atom is -0.0169 e. The molecule has 0 aliphatic rings. The van der Waals surface area contributed by atoms with Gasteiger partial charge in [0.15, 0.2) is 0 Å². The summed E-state index contributed by atoms with van der Waals surface area (Å²) in [6, 6.07) is 0. The average molecular weight is 218 g/mol. The maximum atomic E-state index is 3.84. The SMILES string of the molecule is [CH2]C=CCC=CCC=CCCCCCC[CH2]. The van der Waals surface area contributed by atoms with Gasteiger partial charge in [0.05, 0.1) is 0 Å². The molecule has 0 amide bonds. The maximum absolute atomic E-state index is 3.84. The van der Waals surface area contributed by atoms with Crippen LogP contribution in [0.15, 0.2) is 36.5 Å². The van der Waals surface area contributed by atoms with Crippen molar-refractivity contribution in [1.82, 2.24) is 0 Å². The minimum atomic E-state index is 1.00. The molecule has 0 saturated carbocycles. The van der Waals surface area contributed by atoms with Gasteiger partial charge < -0.3 is 0 Å². The monoisotopic (exact) mass is 218 g/mol. The molecule has 2 radical (unpaired) electrons. The molecule has 0 aromatic carbocycles. The normalized spacial score (nSPS) is 12.4. The highest BCUT2D eigenvalue weighted by molar-refractivity contribution is 4.97. The van der Waals surface area contributed by atoms with Crippen LogP contribution in [0.2, 0.25) is 0 Å². The van der Waals surface area contributed by atoms with Crippen molar-refractivity contribution in [3.05, 3.63) is 50.3 Å². The highest BCUT2D eigenvalue weighted by Crippen LogP contribution is 2.05. The summed E-state index contributed by atoms with van der Waals surface area (Å²) in [6.07, 6.45) is 22.5. The molecule has 0 nitrogen and oxygen atoms in total. The molecule has 0 aromatic heterocycles. The minimum absolute atomic E-state index is 1.00. The van der Waals surface area contributed by atoms with Crippen LogP contribution in [-0.4, -0.2) is 0 Å². The number of rotatable bonds is 10. The van der Waals surface area contributed by atoms with Gasteiger partial charge in [-0.25, -0.2) is 0 Å². The van der Waals surface area contributed by atoms with E-state index in [1.807, 2.05) is 6.08 Å². The Kier molecular flexibility index (Phi) is 13.5. The molecule has 0 heterocycles. The molecule has 0 atom stereocenters. The first-order valence-corrected chi connectivity index (χ1v) is 6.45. The lowest BCUT2D eigenvalue weighted by molar-refractivity contribution is 0.651. The average Bonchev–Trinajstić information content (AvgIpc) is 2.31. The van der Waals surface area contributed by atoms with Gasteiger partial charge in [-0.1, -0.05) is 69.1 Å². The van der Waals surface area contributed by atoms with Crippen LogP contribution >= 0.6 is 0 Å². The Morgan fingerprint density at radius 2 is 1.31 bits per heavy atom. The van der Waals surface area contributed by atoms with Gasteiger partial charge in [-0.15, -0.1) is 0 Å². The van der Waals surface area contributed by atoms with Crippen LogP contribution in [0, 0.1) is 13.8 Å². The molecule has 0 saturated heterocycles. The topological polar surface area (TPSA) is 0 Å². The Hall–Kier alpha value is -0.780. The summed E-state index contributed by atoms with van der Waals surface area (Å²) in [6.45, 7) is 7.49. The molecule has 0 bridgehead atoms. The fraction of sp³-hybridized carbons (Fsp3) is 0.500. The lowest BCUT2D eigenvalue weighted by Crippen LogP contribution is -1.75. The summed E-state index contributed by atoms with van der Waals surface area (Å²) in [5, 5.41) is 0. The summed E-state index contributed by atoms with van der Waals surface area (Å²) in [5.74, 6) is 0. The molecule has 0 heteroatoms. The summed E-state index contributed by atoms with van der Waals surface area (Å²) in [4.78, 5) is 0. The summed E-state index contributed by atoms with van der Waals surface area (Å²) >= 11 is 0. The highest BCUT2D eigenvalue weighted by Gasteiger charge is 1.85. The fourth-order valence-electron chi connectivity index (χ4n) is 1.45. The molecular formula is C16H26. The van der Waals surface area contributed by atoms with Gasteiger partial charge >= 0.3 is 0 Å². The van der Waals surface area contributed by atoms with Crippen LogP contribution < -0.4 is 0 Å². The van der Waals surface area contributed by atoms with E-state index >= 15 is 0 Å². The molecule has 0 unspecified atom stereocenters. The van der Waals surface area contributed by atoms with Crippen molar-refractivity contribution < 1.29 is 0 Å². The van der Waals surface area contributed by atoms with Crippen LogP contribution in [0.1, 0.15) is 51.4 Å². The Labute approximate surface area is 102 Å². The number of hydrogen-bond donors (Lipinski definition) is 0. The lowest BCUT2D eigenvalue weighted by Gasteiger charge is -1.95. The van der Waals surface area contributed by atoms with Gasteiger partial charge in [0, 0.05) is 0 Å². The number of unbranched alkanes of at least 4 members (excludes halogenated alkanes) is 5. The third-order valence-corrected chi connectivity index (χ3v) is 2.42. The van der Waals surface area contributed by atoms with E-state index in [0.29, 0.717) is 0 Å². The van der Waals surface area contributed by atoms with Gasteiger partial charge in [0.1, 0.15) is 0 Å². The van der Waals surface area contributed by atoms with E-state index in [1.165, 1.54) is 32.1 Å². The lowest BCUT2D eigenvalue weighted by atomic mass is 10.1. The quantitative estimate of drug-likeness (QED) is 0.338. The van der Waals surface area contributed by atoms with Gasteiger partial charge in [0.25, 0.3) is 0 Å². The van der Waals surface area contributed by atoms with E-state index in [0.717, 1.165) is 19.3 Å². The zero-order valence-corrected chi connectivity index (χ0v) is 10.5. The standard InChI is InChI=1S/C16H26/c1-3-5-7-9-11-13-15-16-14-12-10-8-6-4-2/h3,5,9,11,15-16H,1-2,4,6-8,10,12-14H2. The first-order chi connectivity index (χ1) is 7.91. The third-order valence-electron chi connectivity index (χ3n) is 2.42. The van der Waals surface area contributed by atoms with Crippen LogP contribution in [0.4, 0.5) is 0 Å². The van der Waals surface area contributed by atoms with Crippen molar-refractivity contribution in [2.75, 3.05) is 0 Å². The molecule has 0 fully saturated rings. The first kappa shape index (κ1) is 15.2. The van der Waals surface area contributed by atoms with Gasteiger partial charge in [-0.2, -0.15) is 0 Å². The summed E-state index contributed by atoms with van der Waals surface area (Å²) < 4.78 is 0. The molecule has 0 aromatic rings. The fourth-order valence-corrected chi connectivity index (χ4v) is 1.45. The predicted octanol–water partition coefficient (Wildman–Crippen LogP) is 5.44. The number of hydrogen-bond acceptors (Lipinski definition) is 0. The summed E-state index contributed by atoms with van der Waals surface area (Å²) in [5.41, 5.74) is 0. The second kappa shape index (κ2) is 14.2. The van der Waals surface area contributed by atoms with Crippen LogP contribution in [0.25, 0.3) is 0 Å². The Bertz CT molecular complexity index is 196. The molecule has 0 spiro atoms. The Balaban J connectivity index is 3.18. The van der Waals surface area contributed by atoms with Gasteiger partial charge in [-0.05, 0) is 32.6 Å². The van der Waals surface area contributed by atoms with Crippen LogP contribution in [0.3, 0.4) is 0 Å². The molecular weight excluding hydrogens is 192 g/mol. The van der Waals surface area contributed by atoms with Crippen molar-refractivity contribution in [2.45, 2.75) is 51.4 Å². The summed E-state index contributed by atoms with van der Waals surface area (Å²) in [7, 11) is 0. The van der Waals surface area contributed by atoms with E-state index < -0.39 is 0 Å². The largest absolute Gasteiger partial charge is 0.0882 e. The zero-order chi connectivity index (χ0) is 11.9. The zero-order valence-electron chi connectivity index (χ0n) is 10.5. The smallest absolute Gasteiger partial charge is 0.0169 e. The second-order valence-electron chi connectivity index (χ2n) is 3.94. The Morgan fingerprint density at radius 3 is 2.00 bits per heavy atom. The van der Waals surface area contributed by atoms with Crippen LogP contribution in [0.5, 0.6) is 0 Å². The van der Waals surface area contributed by atoms with Crippen molar-refractivity contribution >= 4 is 0 Å². The molecule has 16 heavy (non-hydrogen) atoms. The first-order valence-electron chi connectivity index (χ1n) is 6.45. The minimum Gasteiger partial charge on any atom is -0.0882 e. The number of allylic oxidation sites excluding steroid dienone is 6. The predicted molar refractivity (Wildman–Crippen MR) is 75.1 cm³/mol. The molecule has 0 aliphatic heterocycles. The highest BCUT2D eigenvalue weighted by atomic mass is 13.9. The van der Waals surface area contributed by atoms with Gasteiger partial charge in [0.2, 0.25) is 0 Å². The van der Waals surface area contributed by atoms with E-state index in [2.05, 4.69) is 44.2 Å². The van der Waals surface area contributed by atoms with Crippen molar-refractivity contribution in [3.8, 4) is 0 Å². The van der Waals surface area contributed by atoms with Crippen molar-refractivity contribution in [3.63, 3.8) is 0 Å². The molecule has 0 N–H and O–H groups in total. The molecule has 0 rings (SSSR count). The van der Waals surface area contributed by atoms with Crippen molar-refractivity contribution in [1.29, 1.82) is 0 Å². The molecule has 0 aliphatic carbocycles. The van der Waals surface area contributed by atoms with E-state index in [-0.39, 0.29) is 0 Å².